The number of hydrogen-bond acceptors (Lipinski definition) is 3. The summed E-state index contributed by atoms with van der Waals surface area (Å²) >= 11 is 0. The highest BCUT2D eigenvalue weighted by atomic mass is 19.1. The largest absolute Gasteiger partial charge is 0.481 e. The molecule has 0 aliphatic carbocycles. The molecule has 0 radical (unpaired) electrons. The SMILES string of the molecule is CC1C(c2ccccc2)OCCN1C(=O)COc1ccccc1F. The Bertz CT molecular complexity index is 692. The van der Waals surface area contributed by atoms with Gasteiger partial charge in [0.1, 0.15) is 6.10 Å². The van der Waals surface area contributed by atoms with Gasteiger partial charge in [0, 0.05) is 6.54 Å². The zero-order valence-corrected chi connectivity index (χ0v) is 13.5. The molecule has 0 spiro atoms. The summed E-state index contributed by atoms with van der Waals surface area (Å²) in [4.78, 5) is 14.2. The summed E-state index contributed by atoms with van der Waals surface area (Å²) in [5.74, 6) is -0.552. The molecular weight excluding hydrogens is 309 g/mol. The first-order valence-electron chi connectivity index (χ1n) is 8.00. The Labute approximate surface area is 140 Å². The van der Waals surface area contributed by atoms with Crippen LogP contribution < -0.4 is 4.74 Å². The lowest BCUT2D eigenvalue weighted by atomic mass is 10.0. The maximum Gasteiger partial charge on any atom is 0.260 e. The summed E-state index contributed by atoms with van der Waals surface area (Å²) in [6.45, 7) is 2.74. The van der Waals surface area contributed by atoms with Crippen LogP contribution in [-0.4, -0.2) is 36.6 Å². The first-order chi connectivity index (χ1) is 11.7. The number of carbonyl (C=O) groups excluding carboxylic acids is 1. The zero-order chi connectivity index (χ0) is 16.9. The molecule has 1 heterocycles. The second kappa shape index (κ2) is 7.45. The van der Waals surface area contributed by atoms with E-state index in [1.54, 1.807) is 17.0 Å². The molecule has 3 rings (SSSR count). The molecule has 2 aromatic rings. The van der Waals surface area contributed by atoms with Gasteiger partial charge in [0.05, 0.1) is 12.6 Å². The van der Waals surface area contributed by atoms with Gasteiger partial charge in [-0.25, -0.2) is 4.39 Å². The number of ether oxygens (including phenoxy) is 2. The number of amides is 1. The van der Waals surface area contributed by atoms with E-state index < -0.39 is 5.82 Å². The van der Waals surface area contributed by atoms with Crippen LogP contribution in [0.2, 0.25) is 0 Å². The fraction of sp³-hybridized carbons (Fsp3) is 0.316. The van der Waals surface area contributed by atoms with Gasteiger partial charge < -0.3 is 14.4 Å². The van der Waals surface area contributed by atoms with Gasteiger partial charge in [-0.15, -0.1) is 0 Å². The smallest absolute Gasteiger partial charge is 0.260 e. The molecule has 1 aliphatic heterocycles. The molecule has 0 saturated carbocycles. The van der Waals surface area contributed by atoms with Crippen molar-refractivity contribution in [2.75, 3.05) is 19.8 Å². The van der Waals surface area contributed by atoms with Crippen molar-refractivity contribution in [1.82, 2.24) is 4.90 Å². The molecule has 24 heavy (non-hydrogen) atoms. The number of hydrogen-bond donors (Lipinski definition) is 0. The molecule has 1 saturated heterocycles. The molecule has 1 amide bonds. The molecule has 1 fully saturated rings. The van der Waals surface area contributed by atoms with Crippen molar-refractivity contribution in [2.45, 2.75) is 19.1 Å². The van der Waals surface area contributed by atoms with E-state index in [1.165, 1.54) is 12.1 Å². The number of rotatable bonds is 4. The monoisotopic (exact) mass is 329 g/mol. The van der Waals surface area contributed by atoms with Gasteiger partial charge in [0.15, 0.2) is 18.2 Å². The number of morpholine rings is 1. The van der Waals surface area contributed by atoms with Crippen LogP contribution in [-0.2, 0) is 9.53 Å². The number of benzene rings is 2. The van der Waals surface area contributed by atoms with Crippen LogP contribution in [0.25, 0.3) is 0 Å². The molecular formula is C19H20FNO3. The molecule has 2 unspecified atom stereocenters. The van der Waals surface area contributed by atoms with Gasteiger partial charge in [-0.3, -0.25) is 4.79 Å². The van der Waals surface area contributed by atoms with E-state index in [0.29, 0.717) is 13.2 Å². The van der Waals surface area contributed by atoms with Gasteiger partial charge in [-0.2, -0.15) is 0 Å². The van der Waals surface area contributed by atoms with Crippen LogP contribution in [0.1, 0.15) is 18.6 Å². The maximum absolute atomic E-state index is 13.6. The van der Waals surface area contributed by atoms with Gasteiger partial charge in [0.2, 0.25) is 0 Å². The van der Waals surface area contributed by atoms with Crippen molar-refractivity contribution in [3.05, 3.63) is 66.0 Å². The highest BCUT2D eigenvalue weighted by Crippen LogP contribution is 2.28. The Balaban J connectivity index is 1.65. The molecule has 2 aromatic carbocycles. The molecule has 5 heteroatoms. The van der Waals surface area contributed by atoms with E-state index in [4.69, 9.17) is 9.47 Å². The number of para-hydroxylation sites is 1. The minimum atomic E-state index is -0.470. The van der Waals surface area contributed by atoms with Crippen LogP contribution in [0, 0.1) is 5.82 Å². The number of nitrogens with zero attached hydrogens (tertiary/aromatic N) is 1. The van der Waals surface area contributed by atoms with Gasteiger partial charge in [-0.1, -0.05) is 42.5 Å². The maximum atomic E-state index is 13.6. The molecule has 126 valence electrons. The molecule has 0 N–H and O–H groups in total. The predicted molar refractivity (Wildman–Crippen MR) is 88.2 cm³/mol. The lowest BCUT2D eigenvalue weighted by Gasteiger charge is -2.39. The Kier molecular flexibility index (Phi) is 5.11. The molecule has 2 atom stereocenters. The Hall–Kier alpha value is -2.40. The van der Waals surface area contributed by atoms with E-state index in [2.05, 4.69) is 0 Å². The molecule has 4 nitrogen and oxygen atoms in total. The number of carbonyl (C=O) groups is 1. The van der Waals surface area contributed by atoms with E-state index in [9.17, 15) is 9.18 Å². The second-order valence-electron chi connectivity index (χ2n) is 5.75. The summed E-state index contributed by atoms with van der Waals surface area (Å²) in [6.07, 6.45) is -0.169. The minimum Gasteiger partial charge on any atom is -0.481 e. The number of halogens is 1. The van der Waals surface area contributed by atoms with Gasteiger partial charge >= 0.3 is 0 Å². The van der Waals surface area contributed by atoms with Gasteiger partial charge in [0.25, 0.3) is 5.91 Å². The molecule has 1 aliphatic rings. The van der Waals surface area contributed by atoms with E-state index in [-0.39, 0.29) is 30.4 Å². The summed E-state index contributed by atoms with van der Waals surface area (Å²) < 4.78 is 24.8. The van der Waals surface area contributed by atoms with E-state index >= 15 is 0 Å². The standard InChI is InChI=1S/C19H20FNO3/c1-14-19(15-7-3-2-4-8-15)23-12-11-21(14)18(22)13-24-17-10-6-5-9-16(17)20/h2-10,14,19H,11-13H2,1H3. The Morgan fingerprint density at radius 3 is 2.67 bits per heavy atom. The normalized spacial score (nSPS) is 20.7. The third-order valence-corrected chi connectivity index (χ3v) is 4.20. The second-order valence-corrected chi connectivity index (χ2v) is 5.75. The first-order valence-corrected chi connectivity index (χ1v) is 8.00. The lowest BCUT2D eigenvalue weighted by molar-refractivity contribution is -0.147. The van der Waals surface area contributed by atoms with Crippen LogP contribution in [0.4, 0.5) is 4.39 Å². The van der Waals surface area contributed by atoms with Gasteiger partial charge in [-0.05, 0) is 24.6 Å². The fourth-order valence-electron chi connectivity index (χ4n) is 2.94. The summed E-state index contributed by atoms with van der Waals surface area (Å²) in [5, 5.41) is 0. The summed E-state index contributed by atoms with van der Waals surface area (Å²) in [6, 6.07) is 15.8. The highest BCUT2D eigenvalue weighted by Gasteiger charge is 2.33. The molecule has 0 aromatic heterocycles. The fourth-order valence-corrected chi connectivity index (χ4v) is 2.94. The van der Waals surface area contributed by atoms with E-state index in [1.807, 2.05) is 37.3 Å². The van der Waals surface area contributed by atoms with Crippen LogP contribution in [0.3, 0.4) is 0 Å². The van der Waals surface area contributed by atoms with Crippen LogP contribution in [0.5, 0.6) is 5.75 Å². The van der Waals surface area contributed by atoms with E-state index in [0.717, 1.165) is 5.56 Å². The quantitative estimate of drug-likeness (QED) is 0.865. The Morgan fingerprint density at radius 2 is 1.92 bits per heavy atom. The molecule has 0 bridgehead atoms. The van der Waals surface area contributed by atoms with Crippen molar-refractivity contribution in [3.8, 4) is 5.75 Å². The summed E-state index contributed by atoms with van der Waals surface area (Å²) in [7, 11) is 0. The Morgan fingerprint density at radius 1 is 1.21 bits per heavy atom. The minimum absolute atomic E-state index is 0.0892. The predicted octanol–water partition coefficient (Wildman–Crippen LogP) is 3.19. The lowest BCUT2D eigenvalue weighted by Crippen LogP contribution is -2.50. The third kappa shape index (κ3) is 3.57. The van der Waals surface area contributed by atoms with Crippen molar-refractivity contribution in [3.63, 3.8) is 0 Å². The van der Waals surface area contributed by atoms with Crippen molar-refractivity contribution >= 4 is 5.91 Å². The van der Waals surface area contributed by atoms with Crippen LogP contribution in [0.15, 0.2) is 54.6 Å². The highest BCUT2D eigenvalue weighted by molar-refractivity contribution is 5.78. The van der Waals surface area contributed by atoms with Crippen LogP contribution >= 0.6 is 0 Å². The summed E-state index contributed by atoms with van der Waals surface area (Å²) in [5.41, 5.74) is 1.04. The van der Waals surface area contributed by atoms with Crippen molar-refractivity contribution in [2.24, 2.45) is 0 Å². The zero-order valence-electron chi connectivity index (χ0n) is 13.5. The topological polar surface area (TPSA) is 38.8 Å². The third-order valence-electron chi connectivity index (χ3n) is 4.20. The van der Waals surface area contributed by atoms with Crippen molar-refractivity contribution < 1.29 is 18.7 Å². The average molecular weight is 329 g/mol. The van der Waals surface area contributed by atoms with Crippen molar-refractivity contribution in [1.29, 1.82) is 0 Å². The first kappa shape index (κ1) is 16.5. The average Bonchev–Trinajstić information content (AvgIpc) is 2.62.